The summed E-state index contributed by atoms with van der Waals surface area (Å²) in [4.78, 5) is 31.6. The molecule has 0 aliphatic carbocycles. The summed E-state index contributed by atoms with van der Waals surface area (Å²) in [5, 5.41) is 4.44. The van der Waals surface area contributed by atoms with E-state index in [0.29, 0.717) is 6.54 Å². The minimum absolute atomic E-state index is 0.177. The maximum atomic E-state index is 12.0. The van der Waals surface area contributed by atoms with Crippen LogP contribution in [0.3, 0.4) is 0 Å². The van der Waals surface area contributed by atoms with E-state index in [4.69, 9.17) is 4.74 Å². The predicted octanol–water partition coefficient (Wildman–Crippen LogP) is 1.95. The molecule has 2 aromatic heterocycles. The van der Waals surface area contributed by atoms with Gasteiger partial charge in [-0.1, -0.05) is 6.07 Å². The van der Waals surface area contributed by atoms with Crippen LogP contribution in [0.2, 0.25) is 0 Å². The van der Waals surface area contributed by atoms with E-state index < -0.39 is 5.97 Å². The Bertz CT molecular complexity index is 654. The van der Waals surface area contributed by atoms with E-state index in [1.54, 1.807) is 13.1 Å². The van der Waals surface area contributed by atoms with Crippen molar-refractivity contribution in [2.45, 2.75) is 20.4 Å². The highest BCUT2D eigenvalue weighted by atomic mass is 32.1. The maximum absolute atomic E-state index is 12.0. The Morgan fingerprint density at radius 3 is 2.95 bits per heavy atom. The monoisotopic (exact) mass is 305 g/mol. The fraction of sp³-hybridized carbons (Fsp3) is 0.286. The van der Waals surface area contributed by atoms with E-state index in [1.165, 1.54) is 5.38 Å². The van der Waals surface area contributed by atoms with Crippen LogP contribution >= 0.6 is 11.3 Å². The van der Waals surface area contributed by atoms with Crippen LogP contribution in [-0.2, 0) is 11.3 Å². The van der Waals surface area contributed by atoms with Crippen LogP contribution in [0.5, 0.6) is 0 Å². The minimum Gasteiger partial charge on any atom is -0.461 e. The molecule has 0 saturated carbocycles. The van der Waals surface area contributed by atoms with Crippen molar-refractivity contribution < 1.29 is 14.3 Å². The van der Waals surface area contributed by atoms with Crippen molar-refractivity contribution in [1.82, 2.24) is 15.3 Å². The number of aromatic nitrogens is 2. The number of carbonyl (C=O) groups excluding carboxylic acids is 2. The van der Waals surface area contributed by atoms with Gasteiger partial charge in [0.25, 0.3) is 5.91 Å². The fourth-order valence-electron chi connectivity index (χ4n) is 1.62. The summed E-state index contributed by atoms with van der Waals surface area (Å²) in [6.45, 7) is 4.24. The number of ether oxygens (including phenoxy) is 1. The molecule has 0 saturated heterocycles. The number of nitrogens with zero attached hydrogens (tertiary/aromatic N) is 2. The molecule has 2 heterocycles. The van der Waals surface area contributed by atoms with Crippen LogP contribution in [0, 0.1) is 6.92 Å². The summed E-state index contributed by atoms with van der Waals surface area (Å²) >= 11 is 1.09. The summed E-state index contributed by atoms with van der Waals surface area (Å²) in [5.41, 5.74) is 2.01. The first kappa shape index (κ1) is 15.1. The quantitative estimate of drug-likeness (QED) is 0.854. The smallest absolute Gasteiger partial charge is 0.367 e. The van der Waals surface area contributed by atoms with Gasteiger partial charge in [0.05, 0.1) is 18.8 Å². The number of hydrogen-bond acceptors (Lipinski definition) is 6. The molecule has 0 fully saturated rings. The number of amides is 1. The maximum Gasteiger partial charge on any atom is 0.367 e. The Labute approximate surface area is 126 Å². The highest BCUT2D eigenvalue weighted by Crippen LogP contribution is 2.11. The van der Waals surface area contributed by atoms with Gasteiger partial charge in [0.2, 0.25) is 5.01 Å². The van der Waals surface area contributed by atoms with E-state index in [1.807, 2.05) is 19.1 Å². The van der Waals surface area contributed by atoms with Gasteiger partial charge in [-0.3, -0.25) is 9.78 Å². The zero-order chi connectivity index (χ0) is 15.2. The number of pyridine rings is 1. The van der Waals surface area contributed by atoms with E-state index in [-0.39, 0.29) is 23.2 Å². The second-order valence-corrected chi connectivity index (χ2v) is 5.07. The molecule has 6 nitrogen and oxygen atoms in total. The van der Waals surface area contributed by atoms with Gasteiger partial charge in [0.15, 0.2) is 0 Å². The molecule has 0 bridgehead atoms. The van der Waals surface area contributed by atoms with Gasteiger partial charge in [0.1, 0.15) is 5.69 Å². The molecule has 0 unspecified atom stereocenters. The van der Waals surface area contributed by atoms with Crippen LogP contribution in [0.1, 0.15) is 38.5 Å². The predicted molar refractivity (Wildman–Crippen MR) is 78.2 cm³/mol. The van der Waals surface area contributed by atoms with E-state index in [9.17, 15) is 9.59 Å². The zero-order valence-electron chi connectivity index (χ0n) is 11.8. The number of thiazole rings is 1. The second kappa shape index (κ2) is 6.94. The largest absolute Gasteiger partial charge is 0.461 e. The lowest BCUT2D eigenvalue weighted by atomic mass is 10.2. The molecule has 2 rings (SSSR count). The number of aryl methyl sites for hydroxylation is 1. The molecule has 2 aromatic rings. The van der Waals surface area contributed by atoms with Crippen LogP contribution in [0.25, 0.3) is 0 Å². The van der Waals surface area contributed by atoms with Crippen molar-refractivity contribution in [3.63, 3.8) is 0 Å². The average Bonchev–Trinajstić information content (AvgIpc) is 2.96. The van der Waals surface area contributed by atoms with Crippen LogP contribution < -0.4 is 5.32 Å². The van der Waals surface area contributed by atoms with Gasteiger partial charge in [-0.05, 0) is 25.5 Å². The molecule has 7 heteroatoms. The third-order valence-corrected chi connectivity index (χ3v) is 3.54. The summed E-state index contributed by atoms with van der Waals surface area (Å²) < 4.78 is 4.83. The molecule has 0 aromatic carbocycles. The fourth-order valence-corrected chi connectivity index (χ4v) is 2.31. The van der Waals surface area contributed by atoms with E-state index in [0.717, 1.165) is 22.6 Å². The Balaban J connectivity index is 1.98. The standard InChI is InChI=1S/C14H15N3O3S/c1-3-20-14(19)13-17-11(8-21-13)12(18)16-7-10-9(2)5-4-6-15-10/h4-6,8H,3,7H2,1-2H3,(H,16,18). The molecule has 0 radical (unpaired) electrons. The molecular formula is C14H15N3O3S. The third kappa shape index (κ3) is 3.85. The molecule has 1 amide bonds. The van der Waals surface area contributed by atoms with Crippen molar-refractivity contribution in [2.24, 2.45) is 0 Å². The van der Waals surface area contributed by atoms with Crippen molar-refractivity contribution in [3.8, 4) is 0 Å². The Morgan fingerprint density at radius 1 is 1.43 bits per heavy atom. The van der Waals surface area contributed by atoms with Crippen LogP contribution in [0.4, 0.5) is 0 Å². The number of hydrogen-bond donors (Lipinski definition) is 1. The molecular weight excluding hydrogens is 290 g/mol. The Kier molecular flexibility index (Phi) is 4.99. The lowest BCUT2D eigenvalue weighted by molar-refractivity contribution is 0.0526. The molecule has 1 N–H and O–H groups in total. The lowest BCUT2D eigenvalue weighted by Gasteiger charge is -2.05. The lowest BCUT2D eigenvalue weighted by Crippen LogP contribution is -2.24. The number of nitrogens with one attached hydrogen (secondary N) is 1. The van der Waals surface area contributed by atoms with Crippen molar-refractivity contribution in [2.75, 3.05) is 6.61 Å². The molecule has 0 spiro atoms. The Hall–Kier alpha value is -2.28. The van der Waals surface area contributed by atoms with Crippen molar-refractivity contribution in [1.29, 1.82) is 0 Å². The van der Waals surface area contributed by atoms with E-state index >= 15 is 0 Å². The zero-order valence-corrected chi connectivity index (χ0v) is 12.6. The molecule has 0 aliphatic heterocycles. The third-order valence-electron chi connectivity index (χ3n) is 2.72. The van der Waals surface area contributed by atoms with Gasteiger partial charge < -0.3 is 10.1 Å². The van der Waals surface area contributed by atoms with Crippen molar-refractivity contribution in [3.05, 3.63) is 45.7 Å². The number of rotatable bonds is 5. The minimum atomic E-state index is -0.512. The van der Waals surface area contributed by atoms with Crippen LogP contribution in [-0.4, -0.2) is 28.5 Å². The average molecular weight is 305 g/mol. The SMILES string of the molecule is CCOC(=O)c1nc(C(=O)NCc2ncccc2C)cs1. The molecule has 0 aliphatic rings. The Morgan fingerprint density at radius 2 is 2.24 bits per heavy atom. The highest BCUT2D eigenvalue weighted by molar-refractivity contribution is 7.11. The summed E-state index contributed by atoms with van der Waals surface area (Å²) in [7, 11) is 0. The topological polar surface area (TPSA) is 81.2 Å². The highest BCUT2D eigenvalue weighted by Gasteiger charge is 2.16. The summed E-state index contributed by atoms with van der Waals surface area (Å²) in [5.74, 6) is -0.853. The summed E-state index contributed by atoms with van der Waals surface area (Å²) in [6, 6.07) is 3.77. The first-order valence-corrected chi connectivity index (χ1v) is 7.31. The first-order valence-electron chi connectivity index (χ1n) is 6.43. The molecule has 110 valence electrons. The van der Waals surface area contributed by atoms with E-state index in [2.05, 4.69) is 15.3 Å². The molecule has 0 atom stereocenters. The van der Waals surface area contributed by atoms with Crippen molar-refractivity contribution >= 4 is 23.2 Å². The molecule has 21 heavy (non-hydrogen) atoms. The number of carbonyl (C=O) groups is 2. The van der Waals surface area contributed by atoms with Gasteiger partial charge in [-0.15, -0.1) is 11.3 Å². The summed E-state index contributed by atoms with van der Waals surface area (Å²) in [6.07, 6.45) is 1.68. The van der Waals surface area contributed by atoms with Gasteiger partial charge in [-0.25, -0.2) is 9.78 Å². The van der Waals surface area contributed by atoms with Gasteiger partial charge in [-0.2, -0.15) is 0 Å². The number of esters is 1. The first-order chi connectivity index (χ1) is 10.1. The van der Waals surface area contributed by atoms with Gasteiger partial charge in [0, 0.05) is 11.6 Å². The second-order valence-electron chi connectivity index (χ2n) is 4.21. The normalized spacial score (nSPS) is 10.2. The van der Waals surface area contributed by atoms with Gasteiger partial charge >= 0.3 is 5.97 Å². The van der Waals surface area contributed by atoms with Crippen LogP contribution in [0.15, 0.2) is 23.7 Å².